The molecule has 0 spiro atoms. The second kappa shape index (κ2) is 20.8. The molecule has 0 saturated heterocycles. The number of anilines is 6. The van der Waals surface area contributed by atoms with Gasteiger partial charge in [0.1, 0.15) is 11.3 Å². The zero-order valence-electron chi connectivity index (χ0n) is 54.1. The number of para-hydroxylation sites is 3. The highest BCUT2D eigenvalue weighted by Crippen LogP contribution is 2.54. The molecule has 4 aromatic heterocycles. The first kappa shape index (κ1) is 58.2. The van der Waals surface area contributed by atoms with E-state index in [1.54, 1.807) is 11.3 Å². The molecule has 0 amide bonds. The van der Waals surface area contributed by atoms with Gasteiger partial charge in [-0.25, -0.2) is 0 Å². The van der Waals surface area contributed by atoms with Crippen molar-refractivity contribution in [1.82, 2.24) is 9.13 Å². The summed E-state index contributed by atoms with van der Waals surface area (Å²) in [5.74, 6) is 0. The number of rotatable bonds is 8. The molecule has 0 N–H and O–H groups in total. The first-order chi connectivity index (χ1) is 42.2. The Hall–Kier alpha value is -8.55. The molecule has 0 aliphatic heterocycles. The average Bonchev–Trinajstić information content (AvgIpc) is 1.73. The molecule has 4 heterocycles. The monoisotopic (exact) mass is 1200 g/mol. The molecule has 446 valence electrons. The third-order valence-electron chi connectivity index (χ3n) is 18.4. The first-order valence-electron chi connectivity index (χ1n) is 31.4. The molecule has 0 unspecified atom stereocenters. The van der Waals surface area contributed by atoms with Crippen LogP contribution in [0.2, 0.25) is 5.02 Å². The van der Waals surface area contributed by atoms with Gasteiger partial charge in [-0.05, 0) is 158 Å². The van der Waals surface area contributed by atoms with E-state index >= 15 is 0 Å². The minimum atomic E-state index is -0.108. The lowest BCUT2D eigenvalue weighted by Gasteiger charge is -2.33. The number of furan rings is 1. The van der Waals surface area contributed by atoms with Crippen LogP contribution >= 0.6 is 22.9 Å². The summed E-state index contributed by atoms with van der Waals surface area (Å²) in [6.45, 7) is 34.4. The van der Waals surface area contributed by atoms with E-state index in [1.165, 1.54) is 59.4 Å². The zero-order chi connectivity index (χ0) is 62.4. The highest BCUT2D eigenvalue weighted by molar-refractivity contribution is 7.17. The Balaban J connectivity index is 1.16. The molecule has 0 fully saturated rings. The van der Waals surface area contributed by atoms with Crippen LogP contribution in [-0.2, 0) is 27.1 Å². The van der Waals surface area contributed by atoms with Gasteiger partial charge in [0.2, 0.25) is 0 Å². The largest absolute Gasteiger partial charge is 0.454 e. The standard InChI is InChI=1S/C82H79ClN4OS/c1-78(2,3)50-28-35-55(36-29-50)84(69-42-39-61-60-24-18-21-27-73(60)88-77(61)76(69)87-67-40-32-52(80(7,8)9)44-62(67)63-45-53(81(10,11)12)33-41-68(63)87)70-47-57(86-65-25-19-16-22-58(65)59-23-17-20-26-66(59)86)48-71(75(70)83)85(56-37-30-51(31-38-56)79(4,5)6)72-49-89-74-43-34-54(46-64(72)74)82(13,14)15/h16-49H,1-15H3. The maximum Gasteiger partial charge on any atom is 0.161 e. The van der Waals surface area contributed by atoms with E-state index in [0.29, 0.717) is 5.02 Å². The highest BCUT2D eigenvalue weighted by Gasteiger charge is 2.33. The van der Waals surface area contributed by atoms with Crippen LogP contribution in [0.4, 0.5) is 34.1 Å². The average molecular weight is 1200 g/mol. The van der Waals surface area contributed by atoms with Crippen LogP contribution in [0.15, 0.2) is 210 Å². The maximum atomic E-state index is 8.75. The predicted molar refractivity (Wildman–Crippen MR) is 386 cm³/mol. The van der Waals surface area contributed by atoms with Gasteiger partial charge in [0, 0.05) is 59.2 Å². The van der Waals surface area contributed by atoms with Crippen LogP contribution in [0.5, 0.6) is 0 Å². The lowest BCUT2D eigenvalue weighted by Crippen LogP contribution is -2.18. The smallest absolute Gasteiger partial charge is 0.161 e. The van der Waals surface area contributed by atoms with Gasteiger partial charge >= 0.3 is 0 Å². The quantitative estimate of drug-likeness (QED) is 0.152. The van der Waals surface area contributed by atoms with Crippen molar-refractivity contribution in [2.45, 2.75) is 131 Å². The van der Waals surface area contributed by atoms with E-state index in [2.05, 4.69) is 328 Å². The fourth-order valence-corrected chi connectivity index (χ4v) is 14.5. The van der Waals surface area contributed by atoms with Crippen LogP contribution < -0.4 is 9.80 Å². The zero-order valence-corrected chi connectivity index (χ0v) is 55.7. The summed E-state index contributed by atoms with van der Waals surface area (Å²) in [6.07, 6.45) is 0. The van der Waals surface area contributed by atoms with Crippen molar-refractivity contribution < 1.29 is 4.42 Å². The maximum absolute atomic E-state index is 8.75. The molecular weight excluding hydrogens is 1120 g/mol. The number of nitrogens with zero attached hydrogens (tertiary/aromatic N) is 4. The Labute approximate surface area is 533 Å². The van der Waals surface area contributed by atoms with E-state index < -0.39 is 0 Å². The van der Waals surface area contributed by atoms with Crippen LogP contribution in [0, 0.1) is 0 Å². The van der Waals surface area contributed by atoms with E-state index in [9.17, 15) is 0 Å². The second-order valence-electron chi connectivity index (χ2n) is 29.7. The molecule has 0 atom stereocenters. The summed E-state index contributed by atoms with van der Waals surface area (Å²) in [5, 5.41) is 10.9. The van der Waals surface area contributed by atoms with Crippen LogP contribution in [0.25, 0.3) is 87.0 Å². The molecule has 14 aromatic rings. The Bertz CT molecular complexity index is 4990. The summed E-state index contributed by atoms with van der Waals surface area (Å²) >= 11 is 10.5. The van der Waals surface area contributed by atoms with Crippen LogP contribution in [0.3, 0.4) is 0 Å². The van der Waals surface area contributed by atoms with Crippen molar-refractivity contribution in [3.8, 4) is 11.4 Å². The van der Waals surface area contributed by atoms with Crippen molar-refractivity contribution in [1.29, 1.82) is 0 Å². The summed E-state index contributed by atoms with van der Waals surface area (Å²) < 4.78 is 13.5. The van der Waals surface area contributed by atoms with Gasteiger partial charge in [-0.15, -0.1) is 11.3 Å². The van der Waals surface area contributed by atoms with Crippen molar-refractivity contribution in [2.24, 2.45) is 0 Å². The van der Waals surface area contributed by atoms with E-state index in [1.807, 2.05) is 0 Å². The summed E-state index contributed by atoms with van der Waals surface area (Å²) in [7, 11) is 0. The van der Waals surface area contributed by atoms with Crippen molar-refractivity contribution in [3.05, 3.63) is 238 Å². The lowest BCUT2D eigenvalue weighted by molar-refractivity contribution is 0.590. The third kappa shape index (κ3) is 9.90. The minimum Gasteiger partial charge on any atom is -0.454 e. The number of thiophene rings is 1. The van der Waals surface area contributed by atoms with Gasteiger partial charge in [-0.2, -0.15) is 0 Å². The number of hydrogen-bond donors (Lipinski definition) is 0. The predicted octanol–water partition coefficient (Wildman–Crippen LogP) is 25.1. The van der Waals surface area contributed by atoms with Crippen LogP contribution in [-0.4, -0.2) is 9.13 Å². The van der Waals surface area contributed by atoms with Gasteiger partial charge < -0.3 is 23.4 Å². The molecular formula is C82H79ClN4OS. The lowest BCUT2D eigenvalue weighted by atomic mass is 9.85. The third-order valence-corrected chi connectivity index (χ3v) is 19.8. The Morgan fingerprint density at radius 2 is 0.764 bits per heavy atom. The minimum absolute atomic E-state index is 0.0663. The van der Waals surface area contributed by atoms with Gasteiger partial charge in [0.05, 0.1) is 55.5 Å². The number of halogens is 1. The molecule has 0 aliphatic carbocycles. The molecule has 10 aromatic carbocycles. The molecule has 0 bridgehead atoms. The van der Waals surface area contributed by atoms with Gasteiger partial charge in [0.15, 0.2) is 5.58 Å². The number of fused-ring (bicyclic) bond motifs is 10. The number of hydrogen-bond acceptors (Lipinski definition) is 4. The van der Waals surface area contributed by atoms with E-state index in [4.69, 9.17) is 16.0 Å². The molecule has 89 heavy (non-hydrogen) atoms. The fourth-order valence-electron chi connectivity index (χ4n) is 13.3. The summed E-state index contributed by atoms with van der Waals surface area (Å²) in [5.41, 5.74) is 19.3. The molecule has 5 nitrogen and oxygen atoms in total. The Morgan fingerprint density at radius 3 is 1.26 bits per heavy atom. The number of benzene rings is 10. The van der Waals surface area contributed by atoms with Gasteiger partial charge in [-0.3, -0.25) is 0 Å². The topological polar surface area (TPSA) is 29.5 Å². The van der Waals surface area contributed by atoms with Crippen molar-refractivity contribution in [2.75, 3.05) is 9.80 Å². The molecule has 0 saturated carbocycles. The van der Waals surface area contributed by atoms with Crippen molar-refractivity contribution >= 4 is 133 Å². The molecule has 0 radical (unpaired) electrons. The van der Waals surface area contributed by atoms with Gasteiger partial charge in [-0.1, -0.05) is 213 Å². The normalized spacial score (nSPS) is 12.9. The Kier molecular flexibility index (Phi) is 13.6. The number of aromatic nitrogens is 2. The summed E-state index contributed by atoms with van der Waals surface area (Å²) in [4.78, 5) is 4.85. The van der Waals surface area contributed by atoms with Crippen molar-refractivity contribution in [3.63, 3.8) is 0 Å². The SMILES string of the molecule is CC(C)(C)c1ccc(N(c2cc(-n3c4ccccc4c4ccccc43)cc(N(c3ccc(C(C)(C)C)cc3)c3csc4ccc(C(C)(C)C)cc34)c2Cl)c2ccc3c(oc4ccccc43)c2-n2c3ccc(C(C)(C)C)cc3c3cc(C(C)(C)C)ccc32)cc1. The fraction of sp³-hybridized carbons (Fsp3) is 0.244. The van der Waals surface area contributed by atoms with Gasteiger partial charge in [0.25, 0.3) is 0 Å². The Morgan fingerprint density at radius 1 is 0.348 bits per heavy atom. The molecule has 0 aliphatic rings. The summed E-state index contributed by atoms with van der Waals surface area (Å²) in [6, 6.07) is 74.8. The van der Waals surface area contributed by atoms with E-state index in [-0.39, 0.29) is 27.1 Å². The highest BCUT2D eigenvalue weighted by atomic mass is 35.5. The second-order valence-corrected chi connectivity index (χ2v) is 31.0. The van der Waals surface area contributed by atoms with Crippen LogP contribution in [0.1, 0.15) is 132 Å². The van der Waals surface area contributed by atoms with E-state index in [0.717, 1.165) is 89.5 Å². The molecule has 14 rings (SSSR count). The molecule has 7 heteroatoms. The first-order valence-corrected chi connectivity index (χ1v) is 32.7.